The number of hydrogen-bond acceptors (Lipinski definition) is 5. The van der Waals surface area contributed by atoms with E-state index in [0.717, 1.165) is 43.6 Å². The summed E-state index contributed by atoms with van der Waals surface area (Å²) in [5, 5.41) is 0. The number of carbonyl (C=O) groups excluding carboxylic acids is 2. The molecule has 0 spiro atoms. The minimum atomic E-state index is -0.919. The molecule has 0 aromatic carbocycles. The van der Waals surface area contributed by atoms with Crippen molar-refractivity contribution in [2.24, 2.45) is 23.7 Å². The van der Waals surface area contributed by atoms with Crippen molar-refractivity contribution in [3.05, 3.63) is 11.6 Å². The van der Waals surface area contributed by atoms with Crippen molar-refractivity contribution in [2.45, 2.75) is 89.9 Å². The van der Waals surface area contributed by atoms with Crippen LogP contribution in [0.4, 0.5) is 4.79 Å². The van der Waals surface area contributed by atoms with Gasteiger partial charge in [-0.2, -0.15) is 0 Å². The smallest absolute Gasteiger partial charge is 0.431 e. The lowest BCUT2D eigenvalue weighted by molar-refractivity contribution is -0.166. The van der Waals surface area contributed by atoms with Gasteiger partial charge in [-0.15, -0.1) is 0 Å². The Morgan fingerprint density at radius 2 is 1.70 bits per heavy atom. The fourth-order valence-electron chi connectivity index (χ4n) is 5.64. The van der Waals surface area contributed by atoms with Crippen LogP contribution in [0.2, 0.25) is 0 Å². The van der Waals surface area contributed by atoms with Crippen LogP contribution < -0.4 is 0 Å². The fraction of sp³-hybridized carbons (Fsp3) is 0.818. The molecule has 4 aliphatic rings. The van der Waals surface area contributed by atoms with Crippen LogP contribution in [0, 0.1) is 23.7 Å². The standard InChI is InChI=1S/C22H32O5/c1-14(25-21(23)20-8-4-7-16-10-12-19(16)20)26-22(24)27-18-11-9-15-5-2-3-6-17(15)13-18/h8,14-19H,2-7,9-13H2,1H3. The van der Waals surface area contributed by atoms with Gasteiger partial charge in [0.25, 0.3) is 0 Å². The summed E-state index contributed by atoms with van der Waals surface area (Å²) < 4.78 is 16.1. The molecule has 0 amide bonds. The molecular weight excluding hydrogens is 344 g/mol. The number of esters is 1. The Morgan fingerprint density at radius 3 is 2.48 bits per heavy atom. The summed E-state index contributed by atoms with van der Waals surface area (Å²) >= 11 is 0. The summed E-state index contributed by atoms with van der Waals surface area (Å²) in [7, 11) is 0. The molecule has 0 aromatic heterocycles. The number of carbonyl (C=O) groups is 2. The number of fused-ring (bicyclic) bond motifs is 2. The normalized spacial score (nSPS) is 36.2. The van der Waals surface area contributed by atoms with Crippen molar-refractivity contribution in [1.82, 2.24) is 0 Å². The lowest BCUT2D eigenvalue weighted by Crippen LogP contribution is -2.36. The van der Waals surface area contributed by atoms with Gasteiger partial charge in [0.1, 0.15) is 6.10 Å². The number of allylic oxidation sites excluding steroid dienone is 1. The van der Waals surface area contributed by atoms with E-state index in [4.69, 9.17) is 14.2 Å². The van der Waals surface area contributed by atoms with E-state index < -0.39 is 12.4 Å². The fourth-order valence-corrected chi connectivity index (χ4v) is 5.64. The highest BCUT2D eigenvalue weighted by Gasteiger charge is 2.39. The van der Waals surface area contributed by atoms with E-state index in [9.17, 15) is 9.59 Å². The third-order valence-corrected chi connectivity index (χ3v) is 7.24. The van der Waals surface area contributed by atoms with Crippen LogP contribution in [0.5, 0.6) is 0 Å². The van der Waals surface area contributed by atoms with Gasteiger partial charge < -0.3 is 14.2 Å². The third kappa shape index (κ3) is 4.33. The second kappa shape index (κ2) is 8.24. The first-order chi connectivity index (χ1) is 13.1. The summed E-state index contributed by atoms with van der Waals surface area (Å²) in [5.74, 6) is 2.14. The first kappa shape index (κ1) is 18.8. The highest BCUT2D eigenvalue weighted by atomic mass is 16.8. The summed E-state index contributed by atoms with van der Waals surface area (Å²) in [5.41, 5.74) is 0.775. The molecule has 5 nitrogen and oxygen atoms in total. The molecule has 6 unspecified atom stereocenters. The Labute approximate surface area is 161 Å². The number of rotatable bonds is 4. The molecule has 0 aliphatic heterocycles. The van der Waals surface area contributed by atoms with Gasteiger partial charge in [0.15, 0.2) is 0 Å². The lowest BCUT2D eigenvalue weighted by atomic mass is 9.65. The lowest BCUT2D eigenvalue weighted by Gasteiger charge is -2.40. The average molecular weight is 376 g/mol. The van der Waals surface area contributed by atoms with Crippen LogP contribution >= 0.6 is 0 Å². The van der Waals surface area contributed by atoms with E-state index >= 15 is 0 Å². The van der Waals surface area contributed by atoms with E-state index in [2.05, 4.69) is 0 Å². The second-order valence-electron chi connectivity index (χ2n) is 8.88. The third-order valence-electron chi connectivity index (χ3n) is 7.24. The van der Waals surface area contributed by atoms with Gasteiger partial charge in [-0.05, 0) is 68.6 Å². The zero-order valence-electron chi connectivity index (χ0n) is 16.4. The van der Waals surface area contributed by atoms with Crippen LogP contribution in [0.1, 0.15) is 77.6 Å². The van der Waals surface area contributed by atoms with Gasteiger partial charge >= 0.3 is 12.1 Å². The maximum Gasteiger partial charge on any atom is 0.511 e. The Kier molecular flexibility index (Phi) is 5.74. The molecular formula is C22H32O5. The maximum atomic E-state index is 12.4. The van der Waals surface area contributed by atoms with Crippen molar-refractivity contribution >= 4 is 12.1 Å². The molecule has 150 valence electrons. The molecule has 5 heteroatoms. The molecule has 4 rings (SSSR count). The van der Waals surface area contributed by atoms with Crippen LogP contribution in [-0.2, 0) is 19.0 Å². The van der Waals surface area contributed by atoms with E-state index in [0.29, 0.717) is 17.8 Å². The zero-order valence-corrected chi connectivity index (χ0v) is 16.4. The topological polar surface area (TPSA) is 61.8 Å². The number of ether oxygens (including phenoxy) is 3. The SMILES string of the molecule is CC(OC(=O)OC1CCC2CCCCC2C1)OC(=O)C1=CCCC2CCC12. The Hall–Kier alpha value is -1.52. The van der Waals surface area contributed by atoms with Gasteiger partial charge in [-0.25, -0.2) is 9.59 Å². The number of hydrogen-bond donors (Lipinski definition) is 0. The molecule has 0 bridgehead atoms. The molecule has 0 radical (unpaired) electrons. The van der Waals surface area contributed by atoms with Gasteiger partial charge in [-0.1, -0.05) is 31.8 Å². The van der Waals surface area contributed by atoms with E-state index in [1.165, 1.54) is 38.5 Å². The van der Waals surface area contributed by atoms with Crippen LogP contribution in [-0.4, -0.2) is 24.5 Å². The zero-order chi connectivity index (χ0) is 18.8. The van der Waals surface area contributed by atoms with Gasteiger partial charge in [0.05, 0.1) is 0 Å². The van der Waals surface area contributed by atoms with Crippen molar-refractivity contribution in [3.63, 3.8) is 0 Å². The highest BCUT2D eigenvalue weighted by molar-refractivity contribution is 5.89. The van der Waals surface area contributed by atoms with E-state index in [1.54, 1.807) is 6.92 Å². The first-order valence-corrected chi connectivity index (χ1v) is 10.9. The Morgan fingerprint density at radius 1 is 0.926 bits per heavy atom. The van der Waals surface area contributed by atoms with E-state index in [1.807, 2.05) is 6.08 Å². The second-order valence-corrected chi connectivity index (χ2v) is 8.88. The van der Waals surface area contributed by atoms with Gasteiger partial charge in [0.2, 0.25) is 6.29 Å². The molecule has 0 aromatic rings. The molecule has 4 aliphatic carbocycles. The minimum Gasteiger partial charge on any atom is -0.431 e. The first-order valence-electron chi connectivity index (χ1n) is 10.9. The Balaban J connectivity index is 1.21. The average Bonchev–Trinajstić information content (AvgIpc) is 2.62. The quantitative estimate of drug-likeness (QED) is 0.502. The minimum absolute atomic E-state index is 0.0588. The highest BCUT2D eigenvalue weighted by Crippen LogP contribution is 2.46. The predicted octanol–water partition coefficient (Wildman–Crippen LogP) is 5.13. The summed E-state index contributed by atoms with van der Waals surface area (Å²) in [6, 6.07) is 0. The molecule has 3 fully saturated rings. The van der Waals surface area contributed by atoms with Gasteiger partial charge in [-0.3, -0.25) is 0 Å². The maximum absolute atomic E-state index is 12.4. The molecule has 6 atom stereocenters. The van der Waals surface area contributed by atoms with Crippen molar-refractivity contribution in [2.75, 3.05) is 0 Å². The summed E-state index contributed by atoms with van der Waals surface area (Å²) in [6.45, 7) is 1.58. The monoisotopic (exact) mass is 376 g/mol. The molecule has 0 N–H and O–H groups in total. The van der Waals surface area contributed by atoms with Crippen molar-refractivity contribution in [1.29, 1.82) is 0 Å². The molecule has 27 heavy (non-hydrogen) atoms. The van der Waals surface area contributed by atoms with Crippen molar-refractivity contribution in [3.8, 4) is 0 Å². The van der Waals surface area contributed by atoms with E-state index in [-0.39, 0.29) is 12.1 Å². The predicted molar refractivity (Wildman–Crippen MR) is 99.7 cm³/mol. The Bertz CT molecular complexity index is 598. The van der Waals surface area contributed by atoms with Gasteiger partial charge in [0, 0.05) is 12.5 Å². The molecule has 3 saturated carbocycles. The summed E-state index contributed by atoms with van der Waals surface area (Å²) in [4.78, 5) is 24.5. The molecule has 0 heterocycles. The largest absolute Gasteiger partial charge is 0.511 e. The molecule has 0 saturated heterocycles. The summed E-state index contributed by atoms with van der Waals surface area (Å²) in [6.07, 6.45) is 12.9. The van der Waals surface area contributed by atoms with Crippen LogP contribution in [0.15, 0.2) is 11.6 Å². The van der Waals surface area contributed by atoms with Crippen LogP contribution in [0.25, 0.3) is 0 Å². The van der Waals surface area contributed by atoms with Crippen molar-refractivity contribution < 1.29 is 23.8 Å². The van der Waals surface area contributed by atoms with Crippen LogP contribution in [0.3, 0.4) is 0 Å².